The first-order chi connectivity index (χ1) is 5.68. The van der Waals surface area contributed by atoms with Crippen LogP contribution in [0.2, 0.25) is 0 Å². The Morgan fingerprint density at radius 1 is 1.33 bits per heavy atom. The Kier molecular flexibility index (Phi) is 2.90. The number of anilines is 1. The maximum absolute atomic E-state index is 9.01. The first-order valence-corrected chi connectivity index (χ1v) is 3.57. The second kappa shape index (κ2) is 3.94. The van der Waals surface area contributed by atoms with E-state index in [1.54, 1.807) is 18.2 Å². The average molecular weight is 169 g/mol. The molecule has 0 aromatic heterocycles. The number of nitrogens with one attached hydrogen (secondary N) is 1. The zero-order valence-corrected chi connectivity index (χ0v) is 6.44. The Balaban J connectivity index is 2.52. The number of hydrogen-bond acceptors (Lipinski definition) is 4. The Bertz CT molecular complexity index is 250. The third-order valence-corrected chi connectivity index (χ3v) is 1.33. The van der Waals surface area contributed by atoms with Gasteiger partial charge in [-0.05, 0) is 12.1 Å². The molecule has 0 aliphatic rings. The van der Waals surface area contributed by atoms with Crippen molar-refractivity contribution in [2.45, 2.75) is 6.29 Å². The van der Waals surface area contributed by atoms with Crippen molar-refractivity contribution >= 4 is 5.69 Å². The summed E-state index contributed by atoms with van der Waals surface area (Å²) in [6.45, 7) is 0.0451. The molecule has 0 aliphatic carbocycles. The van der Waals surface area contributed by atoms with Gasteiger partial charge < -0.3 is 20.6 Å². The van der Waals surface area contributed by atoms with Crippen LogP contribution in [0.3, 0.4) is 0 Å². The molecule has 0 atom stereocenters. The first kappa shape index (κ1) is 8.83. The minimum absolute atomic E-state index is 0.0451. The molecule has 0 amide bonds. The zero-order chi connectivity index (χ0) is 8.97. The van der Waals surface area contributed by atoms with Crippen LogP contribution in [-0.4, -0.2) is 28.2 Å². The van der Waals surface area contributed by atoms with Crippen LogP contribution >= 0.6 is 0 Å². The van der Waals surface area contributed by atoms with E-state index in [2.05, 4.69) is 5.32 Å². The summed E-state index contributed by atoms with van der Waals surface area (Å²) in [4.78, 5) is 0. The third-order valence-electron chi connectivity index (χ3n) is 1.33. The van der Waals surface area contributed by atoms with E-state index in [0.29, 0.717) is 5.69 Å². The predicted molar refractivity (Wildman–Crippen MR) is 44.8 cm³/mol. The standard InChI is InChI=1S/C8H11NO3/c10-7-3-1-2-6(4-7)9-5-8(11)12/h1-4,8-12H,5H2. The van der Waals surface area contributed by atoms with Crippen LogP contribution in [-0.2, 0) is 0 Å². The largest absolute Gasteiger partial charge is 0.508 e. The highest BCUT2D eigenvalue weighted by atomic mass is 16.5. The van der Waals surface area contributed by atoms with Crippen LogP contribution < -0.4 is 5.32 Å². The van der Waals surface area contributed by atoms with E-state index >= 15 is 0 Å². The van der Waals surface area contributed by atoms with E-state index < -0.39 is 6.29 Å². The summed E-state index contributed by atoms with van der Waals surface area (Å²) >= 11 is 0. The number of hydrogen-bond donors (Lipinski definition) is 4. The monoisotopic (exact) mass is 169 g/mol. The molecule has 0 radical (unpaired) electrons. The molecule has 1 aromatic carbocycles. The van der Waals surface area contributed by atoms with Gasteiger partial charge in [-0.3, -0.25) is 0 Å². The Morgan fingerprint density at radius 2 is 2.08 bits per heavy atom. The van der Waals surface area contributed by atoms with Crippen LogP contribution in [0.4, 0.5) is 5.69 Å². The van der Waals surface area contributed by atoms with E-state index in [4.69, 9.17) is 15.3 Å². The quantitative estimate of drug-likeness (QED) is 0.485. The SMILES string of the molecule is Oc1cccc(NCC(O)O)c1. The van der Waals surface area contributed by atoms with Gasteiger partial charge in [-0.25, -0.2) is 0 Å². The molecule has 0 bridgehead atoms. The summed E-state index contributed by atoms with van der Waals surface area (Å²) in [7, 11) is 0. The molecule has 4 nitrogen and oxygen atoms in total. The minimum atomic E-state index is -1.38. The summed E-state index contributed by atoms with van der Waals surface area (Å²) in [5.41, 5.74) is 0.656. The van der Waals surface area contributed by atoms with E-state index in [1.165, 1.54) is 6.07 Å². The molecular formula is C8H11NO3. The molecule has 0 spiro atoms. The van der Waals surface area contributed by atoms with Crippen LogP contribution in [0.1, 0.15) is 0 Å². The lowest BCUT2D eigenvalue weighted by Crippen LogP contribution is -2.17. The van der Waals surface area contributed by atoms with Gasteiger partial charge in [0.15, 0.2) is 6.29 Å². The van der Waals surface area contributed by atoms with Crippen LogP contribution in [0.5, 0.6) is 5.75 Å². The molecular weight excluding hydrogens is 158 g/mol. The summed E-state index contributed by atoms with van der Waals surface area (Å²) in [5, 5.41) is 28.8. The van der Waals surface area contributed by atoms with Gasteiger partial charge in [0.2, 0.25) is 0 Å². The van der Waals surface area contributed by atoms with E-state index in [0.717, 1.165) is 0 Å². The second-order valence-corrected chi connectivity index (χ2v) is 2.41. The van der Waals surface area contributed by atoms with Crippen molar-refractivity contribution in [2.75, 3.05) is 11.9 Å². The molecule has 12 heavy (non-hydrogen) atoms. The number of aromatic hydroxyl groups is 1. The number of phenols is 1. The lowest BCUT2D eigenvalue weighted by atomic mass is 10.3. The summed E-state index contributed by atoms with van der Waals surface area (Å²) in [5.74, 6) is 0.146. The molecule has 0 saturated heterocycles. The van der Waals surface area contributed by atoms with Crippen molar-refractivity contribution in [1.82, 2.24) is 0 Å². The molecule has 0 heterocycles. The van der Waals surface area contributed by atoms with Gasteiger partial charge in [-0.2, -0.15) is 0 Å². The van der Waals surface area contributed by atoms with Crippen molar-refractivity contribution in [2.24, 2.45) is 0 Å². The predicted octanol–water partition coefficient (Wildman–Crippen LogP) is 0.115. The van der Waals surface area contributed by atoms with Crippen LogP contribution in [0, 0.1) is 0 Å². The maximum Gasteiger partial charge on any atom is 0.169 e. The van der Waals surface area contributed by atoms with Crippen LogP contribution in [0.15, 0.2) is 24.3 Å². The van der Waals surface area contributed by atoms with Gasteiger partial charge in [0.05, 0.1) is 6.54 Å². The Morgan fingerprint density at radius 3 is 2.67 bits per heavy atom. The maximum atomic E-state index is 9.01. The van der Waals surface area contributed by atoms with Crippen molar-refractivity contribution < 1.29 is 15.3 Å². The Hall–Kier alpha value is -1.26. The molecule has 0 aliphatic heterocycles. The number of rotatable bonds is 3. The number of benzene rings is 1. The summed E-state index contributed by atoms with van der Waals surface area (Å²) in [6, 6.07) is 6.44. The molecule has 0 saturated carbocycles. The fraction of sp³-hybridized carbons (Fsp3) is 0.250. The molecule has 66 valence electrons. The lowest BCUT2D eigenvalue weighted by Gasteiger charge is -2.07. The van der Waals surface area contributed by atoms with E-state index in [9.17, 15) is 0 Å². The van der Waals surface area contributed by atoms with Gasteiger partial charge in [0, 0.05) is 11.8 Å². The normalized spacial score (nSPS) is 10.2. The lowest BCUT2D eigenvalue weighted by molar-refractivity contribution is -0.0275. The number of aliphatic hydroxyl groups excluding tert-OH is 1. The van der Waals surface area contributed by atoms with Gasteiger partial charge in [-0.15, -0.1) is 0 Å². The summed E-state index contributed by atoms with van der Waals surface area (Å²) < 4.78 is 0. The summed E-state index contributed by atoms with van der Waals surface area (Å²) in [6.07, 6.45) is -1.38. The van der Waals surface area contributed by atoms with Crippen molar-refractivity contribution in [3.05, 3.63) is 24.3 Å². The fourth-order valence-corrected chi connectivity index (χ4v) is 0.825. The molecule has 1 aromatic rings. The van der Waals surface area contributed by atoms with Crippen molar-refractivity contribution in [1.29, 1.82) is 0 Å². The van der Waals surface area contributed by atoms with E-state index in [1.807, 2.05) is 0 Å². The highest BCUT2D eigenvalue weighted by molar-refractivity contribution is 5.47. The highest BCUT2D eigenvalue weighted by Crippen LogP contribution is 2.14. The minimum Gasteiger partial charge on any atom is -0.508 e. The van der Waals surface area contributed by atoms with Gasteiger partial charge in [0.25, 0.3) is 0 Å². The third kappa shape index (κ3) is 2.77. The Labute approximate surface area is 70.1 Å². The molecule has 4 heteroatoms. The van der Waals surface area contributed by atoms with E-state index in [-0.39, 0.29) is 12.3 Å². The fourth-order valence-electron chi connectivity index (χ4n) is 0.825. The van der Waals surface area contributed by atoms with Gasteiger partial charge in [-0.1, -0.05) is 6.07 Å². The highest BCUT2D eigenvalue weighted by Gasteiger charge is 1.97. The smallest absolute Gasteiger partial charge is 0.169 e. The van der Waals surface area contributed by atoms with Crippen molar-refractivity contribution in [3.63, 3.8) is 0 Å². The molecule has 0 fully saturated rings. The van der Waals surface area contributed by atoms with Gasteiger partial charge in [0.1, 0.15) is 5.75 Å². The second-order valence-electron chi connectivity index (χ2n) is 2.41. The first-order valence-electron chi connectivity index (χ1n) is 3.57. The molecule has 4 N–H and O–H groups in total. The van der Waals surface area contributed by atoms with Gasteiger partial charge >= 0.3 is 0 Å². The number of aliphatic hydroxyl groups is 2. The number of phenolic OH excluding ortho intramolecular Hbond substituents is 1. The molecule has 0 unspecified atom stereocenters. The zero-order valence-electron chi connectivity index (χ0n) is 6.44. The topological polar surface area (TPSA) is 72.7 Å². The van der Waals surface area contributed by atoms with Crippen molar-refractivity contribution in [3.8, 4) is 5.75 Å². The van der Waals surface area contributed by atoms with Crippen LogP contribution in [0.25, 0.3) is 0 Å². The average Bonchev–Trinajstić information content (AvgIpc) is 2.01. The molecule has 1 rings (SSSR count).